The quantitative estimate of drug-likeness (QED) is 0.519. The van der Waals surface area contributed by atoms with Gasteiger partial charge >= 0.3 is 6.18 Å². The van der Waals surface area contributed by atoms with Gasteiger partial charge in [-0.2, -0.15) is 13.2 Å². The van der Waals surface area contributed by atoms with Gasteiger partial charge in [-0.3, -0.25) is 9.59 Å². The zero-order valence-corrected chi connectivity index (χ0v) is 15.6. The van der Waals surface area contributed by atoms with E-state index in [2.05, 4.69) is 25.6 Å². The Labute approximate surface area is 164 Å². The van der Waals surface area contributed by atoms with Crippen LogP contribution in [0, 0.1) is 5.92 Å². The number of hydrogen-bond donors (Lipinski definition) is 4. The fraction of sp³-hybridized carbons (Fsp3) is 0.353. The minimum absolute atomic E-state index is 0.114. The van der Waals surface area contributed by atoms with Gasteiger partial charge in [0.05, 0.1) is 18.1 Å². The number of hydrogen-bond acceptors (Lipinski definition) is 7. The number of nitrogens with two attached hydrogens (primary N) is 2. The summed E-state index contributed by atoms with van der Waals surface area (Å²) in [6.07, 6.45) is -2.02. The second kappa shape index (κ2) is 8.71. The van der Waals surface area contributed by atoms with Crippen LogP contribution >= 0.6 is 0 Å². The largest absolute Gasteiger partial charge is 0.433 e. The molecule has 12 heteroatoms. The molecular weight excluding hydrogens is 391 g/mol. The summed E-state index contributed by atoms with van der Waals surface area (Å²) in [6.45, 7) is 3.81. The average molecular weight is 411 g/mol. The fourth-order valence-corrected chi connectivity index (χ4v) is 2.39. The predicted molar refractivity (Wildman–Crippen MR) is 99.1 cm³/mol. The Morgan fingerprint density at radius 3 is 2.31 bits per heavy atom. The normalized spacial score (nSPS) is 12.5. The Hall–Kier alpha value is -3.44. The number of rotatable bonds is 8. The molecule has 0 aliphatic carbocycles. The molecule has 2 amide bonds. The van der Waals surface area contributed by atoms with Crippen molar-refractivity contribution in [2.75, 3.05) is 10.6 Å². The Morgan fingerprint density at radius 2 is 1.83 bits per heavy atom. The van der Waals surface area contributed by atoms with Crippen LogP contribution in [0.2, 0.25) is 0 Å². The summed E-state index contributed by atoms with van der Waals surface area (Å²) in [7, 11) is 0. The summed E-state index contributed by atoms with van der Waals surface area (Å²) < 4.78 is 37.9. The highest BCUT2D eigenvalue weighted by Gasteiger charge is 2.32. The molecule has 0 unspecified atom stereocenters. The maximum Gasteiger partial charge on any atom is 0.433 e. The van der Waals surface area contributed by atoms with E-state index in [-0.39, 0.29) is 28.9 Å². The zero-order chi connectivity index (χ0) is 21.8. The third kappa shape index (κ3) is 6.02. The number of anilines is 3. The molecule has 0 bridgehead atoms. The number of amides is 2. The number of nitrogens with zero attached hydrogens (tertiary/aromatic N) is 3. The number of primary amides is 2. The van der Waals surface area contributed by atoms with E-state index in [1.807, 2.05) is 13.8 Å². The minimum atomic E-state index is -4.58. The van der Waals surface area contributed by atoms with E-state index in [1.54, 1.807) is 0 Å². The molecule has 6 N–H and O–H groups in total. The second-order valence-corrected chi connectivity index (χ2v) is 6.60. The van der Waals surface area contributed by atoms with Gasteiger partial charge in [0.2, 0.25) is 5.91 Å². The lowest BCUT2D eigenvalue weighted by molar-refractivity contribution is -0.141. The van der Waals surface area contributed by atoms with Gasteiger partial charge in [-0.05, 0) is 24.5 Å². The number of pyridine rings is 1. The van der Waals surface area contributed by atoms with Gasteiger partial charge < -0.3 is 22.1 Å². The van der Waals surface area contributed by atoms with Crippen LogP contribution in [0.4, 0.5) is 30.5 Å². The van der Waals surface area contributed by atoms with Crippen molar-refractivity contribution in [2.45, 2.75) is 32.5 Å². The van der Waals surface area contributed by atoms with Gasteiger partial charge in [0.15, 0.2) is 11.5 Å². The summed E-state index contributed by atoms with van der Waals surface area (Å²) in [5.74, 6) is -1.33. The summed E-state index contributed by atoms with van der Waals surface area (Å²) in [5.41, 5.74) is 9.47. The van der Waals surface area contributed by atoms with Crippen molar-refractivity contribution in [3.8, 4) is 0 Å². The van der Waals surface area contributed by atoms with Crippen LogP contribution in [0.5, 0.6) is 0 Å². The third-order valence-electron chi connectivity index (χ3n) is 3.70. The maximum absolute atomic E-state index is 12.6. The first kappa shape index (κ1) is 21.9. The van der Waals surface area contributed by atoms with Crippen molar-refractivity contribution in [1.82, 2.24) is 15.0 Å². The molecule has 0 spiro atoms. The Bertz CT molecular complexity index is 886. The van der Waals surface area contributed by atoms with E-state index in [0.29, 0.717) is 6.42 Å². The molecule has 0 saturated carbocycles. The minimum Gasteiger partial charge on any atom is -0.368 e. The Morgan fingerprint density at radius 1 is 1.14 bits per heavy atom. The van der Waals surface area contributed by atoms with Gasteiger partial charge in [-0.25, -0.2) is 15.0 Å². The number of nitrogens with one attached hydrogen (secondary N) is 2. The number of halogens is 3. The summed E-state index contributed by atoms with van der Waals surface area (Å²) >= 11 is 0. The summed E-state index contributed by atoms with van der Waals surface area (Å²) in [6, 6.07) is 1.16. The first-order valence-corrected chi connectivity index (χ1v) is 8.50. The lowest BCUT2D eigenvalue weighted by Gasteiger charge is -2.18. The molecule has 1 atom stereocenters. The molecule has 9 nitrogen and oxygen atoms in total. The van der Waals surface area contributed by atoms with Crippen LogP contribution in [0.1, 0.15) is 36.5 Å². The average Bonchev–Trinajstić information content (AvgIpc) is 2.60. The van der Waals surface area contributed by atoms with Crippen LogP contribution in [-0.4, -0.2) is 32.8 Å². The van der Waals surface area contributed by atoms with Gasteiger partial charge in [0, 0.05) is 0 Å². The Kier molecular flexibility index (Phi) is 6.56. The highest BCUT2D eigenvalue weighted by Crippen LogP contribution is 2.28. The molecule has 0 saturated heterocycles. The first-order valence-electron chi connectivity index (χ1n) is 8.50. The number of carbonyl (C=O) groups is 2. The van der Waals surface area contributed by atoms with Crippen LogP contribution < -0.4 is 22.1 Å². The standard InChI is InChI=1S/C17H20F3N7O2/c1-8(2)5-10(14(21)28)26-12-7-24-13(15(22)29)16(27-12)25-9-3-4-11(23-6-9)17(18,19)20/h3-4,6-8,10H,5H2,1-2H3,(H2,21,28)(H2,22,29)(H2,25,26,27)/t10-/m1/s1. The van der Waals surface area contributed by atoms with Crippen molar-refractivity contribution in [3.05, 3.63) is 35.9 Å². The molecule has 29 heavy (non-hydrogen) atoms. The molecule has 2 rings (SSSR count). The topological polar surface area (TPSA) is 149 Å². The van der Waals surface area contributed by atoms with E-state index in [1.165, 1.54) is 6.20 Å². The van der Waals surface area contributed by atoms with E-state index in [0.717, 1.165) is 18.3 Å². The number of alkyl halides is 3. The van der Waals surface area contributed by atoms with Crippen molar-refractivity contribution >= 4 is 29.1 Å². The van der Waals surface area contributed by atoms with Crippen LogP contribution in [0.25, 0.3) is 0 Å². The fourth-order valence-electron chi connectivity index (χ4n) is 2.39. The second-order valence-electron chi connectivity index (χ2n) is 6.60. The Balaban J connectivity index is 2.31. The smallest absolute Gasteiger partial charge is 0.368 e. The lowest BCUT2D eigenvalue weighted by atomic mass is 10.0. The van der Waals surface area contributed by atoms with E-state index in [4.69, 9.17) is 11.5 Å². The van der Waals surface area contributed by atoms with Crippen molar-refractivity contribution < 1.29 is 22.8 Å². The van der Waals surface area contributed by atoms with Gasteiger partial charge in [0.25, 0.3) is 5.91 Å². The SMILES string of the molecule is CC(C)C[C@@H](Nc1cnc(C(N)=O)c(Nc2ccc(C(F)(F)F)nc2)n1)C(N)=O. The molecule has 0 aromatic carbocycles. The monoisotopic (exact) mass is 411 g/mol. The van der Waals surface area contributed by atoms with Crippen molar-refractivity contribution in [3.63, 3.8) is 0 Å². The van der Waals surface area contributed by atoms with Crippen LogP contribution in [0.15, 0.2) is 24.5 Å². The molecule has 2 heterocycles. The van der Waals surface area contributed by atoms with Gasteiger partial charge in [-0.1, -0.05) is 13.8 Å². The van der Waals surface area contributed by atoms with E-state index in [9.17, 15) is 22.8 Å². The lowest BCUT2D eigenvalue weighted by Crippen LogP contribution is -2.37. The number of carbonyl (C=O) groups excluding carboxylic acids is 2. The van der Waals surface area contributed by atoms with Gasteiger partial charge in [-0.15, -0.1) is 0 Å². The molecule has 156 valence electrons. The summed E-state index contributed by atoms with van der Waals surface area (Å²) in [4.78, 5) is 34.6. The van der Waals surface area contributed by atoms with Crippen LogP contribution in [-0.2, 0) is 11.0 Å². The van der Waals surface area contributed by atoms with Crippen molar-refractivity contribution in [2.24, 2.45) is 17.4 Å². The highest BCUT2D eigenvalue weighted by molar-refractivity contribution is 5.96. The molecule has 0 fully saturated rings. The molecule has 2 aromatic rings. The third-order valence-corrected chi connectivity index (χ3v) is 3.70. The molecule has 0 aliphatic rings. The van der Waals surface area contributed by atoms with Gasteiger partial charge in [0.1, 0.15) is 17.6 Å². The van der Waals surface area contributed by atoms with Crippen LogP contribution in [0.3, 0.4) is 0 Å². The first-order chi connectivity index (χ1) is 13.5. The molecule has 0 aliphatic heterocycles. The number of aromatic nitrogens is 3. The predicted octanol–water partition coefficient (Wildman–Crippen LogP) is 2.04. The highest BCUT2D eigenvalue weighted by atomic mass is 19.4. The van der Waals surface area contributed by atoms with E-state index < -0.39 is 29.7 Å². The summed E-state index contributed by atoms with van der Waals surface area (Å²) in [5, 5.41) is 5.48. The zero-order valence-electron chi connectivity index (χ0n) is 15.6. The maximum atomic E-state index is 12.6. The molecule has 0 radical (unpaired) electrons. The molecule has 2 aromatic heterocycles. The van der Waals surface area contributed by atoms with Crippen molar-refractivity contribution in [1.29, 1.82) is 0 Å². The molecular formula is C17H20F3N7O2. The van der Waals surface area contributed by atoms with E-state index >= 15 is 0 Å².